The summed E-state index contributed by atoms with van der Waals surface area (Å²) in [7, 11) is 0. The van der Waals surface area contributed by atoms with Gasteiger partial charge in [-0.1, -0.05) is 88.0 Å². The summed E-state index contributed by atoms with van der Waals surface area (Å²) in [6.45, 7) is 15.1. The number of nitrogens with zero attached hydrogens (tertiary/aromatic N) is 2. The van der Waals surface area contributed by atoms with Crippen LogP contribution in [0.2, 0.25) is 0 Å². The Bertz CT molecular complexity index is 1190. The number of piperidine rings is 2. The molecule has 3 heterocycles. The van der Waals surface area contributed by atoms with E-state index >= 15 is 0 Å². The van der Waals surface area contributed by atoms with Gasteiger partial charge < -0.3 is 26.0 Å². The van der Waals surface area contributed by atoms with Crippen LogP contribution in [0.4, 0.5) is 0 Å². The van der Waals surface area contributed by atoms with Gasteiger partial charge in [-0.2, -0.15) is 0 Å². The molecule has 3 aliphatic heterocycles. The van der Waals surface area contributed by atoms with Gasteiger partial charge in [0.1, 0.15) is 6.61 Å². The van der Waals surface area contributed by atoms with Gasteiger partial charge >= 0.3 is 29.6 Å². The van der Waals surface area contributed by atoms with Crippen LogP contribution in [0.15, 0.2) is 70.8 Å². The number of halogens is 2. The van der Waals surface area contributed by atoms with E-state index in [0.717, 1.165) is 65.0 Å². The number of hydrogen-bond acceptors (Lipinski definition) is 8. The first kappa shape index (κ1) is 44.1. The Morgan fingerprint density at radius 3 is 1.70 bits per heavy atom. The topological polar surface area (TPSA) is 131 Å². The summed E-state index contributed by atoms with van der Waals surface area (Å²) >= 11 is 6.62. The number of amides is 1. The molecule has 2 aromatic rings. The second-order valence-corrected chi connectivity index (χ2v) is 14.8. The number of aliphatic hydroxyl groups excluding tert-OH is 1. The maximum absolute atomic E-state index is 11.5. The Balaban J connectivity index is 0.000000356. The number of benzene rings is 2. The van der Waals surface area contributed by atoms with Crippen molar-refractivity contribution in [2.75, 3.05) is 46.0 Å². The average Bonchev–Trinajstić information content (AvgIpc) is 3.01. The third-order valence-corrected chi connectivity index (χ3v) is 8.74. The molecule has 0 aliphatic carbocycles. The van der Waals surface area contributed by atoms with Crippen LogP contribution in [0.1, 0.15) is 57.6 Å². The number of nitrogens with two attached hydrogens (primary N) is 1. The van der Waals surface area contributed by atoms with Crippen molar-refractivity contribution in [1.29, 1.82) is 0 Å². The van der Waals surface area contributed by atoms with Crippen molar-refractivity contribution in [3.8, 4) is 0 Å². The quantitative estimate of drug-likeness (QED) is 0.171. The minimum atomic E-state index is -0.750. The largest absolute Gasteiger partial charge is 1.00 e. The van der Waals surface area contributed by atoms with Crippen LogP contribution >= 0.6 is 34.2 Å². The molecule has 1 spiro atoms. The smallest absolute Gasteiger partial charge is 0.850 e. The Morgan fingerprint density at radius 1 is 0.979 bits per heavy atom. The zero-order valence-corrected chi connectivity index (χ0v) is 33.4. The normalized spacial score (nSPS) is 18.8. The molecule has 0 radical (unpaired) electrons. The maximum atomic E-state index is 11.5. The minimum Gasteiger partial charge on any atom is -0.850 e. The van der Waals surface area contributed by atoms with E-state index < -0.39 is 10.8 Å². The number of ether oxygens (including phenoxy) is 1. The van der Waals surface area contributed by atoms with E-state index in [1.807, 2.05) is 12.1 Å². The first-order chi connectivity index (χ1) is 21.6. The molecule has 0 atom stereocenters. The summed E-state index contributed by atoms with van der Waals surface area (Å²) in [6.07, 6.45) is 3.73. The van der Waals surface area contributed by atoms with Crippen LogP contribution in [0.25, 0.3) is 0 Å². The monoisotopic (exact) mass is 792 g/mol. The molecule has 1 amide bonds. The molecule has 47 heavy (non-hydrogen) atoms. The molecule has 0 unspecified atom stereocenters. The molecule has 3 aliphatic rings. The molecule has 0 bridgehead atoms. The second-order valence-electron chi connectivity index (χ2n) is 13.2. The van der Waals surface area contributed by atoms with Gasteiger partial charge in [-0.3, -0.25) is 19.4 Å². The van der Waals surface area contributed by atoms with Crippen LogP contribution in [0.3, 0.4) is 0 Å². The SMILES string of the molecule is C=C(I)C(=O)Cl.CC(C)(C)[O-].NC1(CO)CCN(Cc2ccccc2)CC1.O=C1COCC2(CCN(Cc3ccccc3)CC2)N1.[Na+]. The number of nitrogens with one attached hydrogen (secondary N) is 1. The number of likely N-dealkylation sites (tertiary alicyclic amines) is 2. The van der Waals surface area contributed by atoms with Crippen molar-refractivity contribution < 1.29 is 54.1 Å². The summed E-state index contributed by atoms with van der Waals surface area (Å²) < 4.78 is 5.75. The number of carbonyl (C=O) groups is 2. The zero-order valence-electron chi connectivity index (χ0n) is 28.5. The molecule has 12 heteroatoms. The predicted octanol–water partition coefficient (Wildman–Crippen LogP) is 0.990. The number of carbonyl (C=O) groups excluding carboxylic acids is 2. The van der Waals surface area contributed by atoms with Gasteiger partial charge in [0.05, 0.1) is 22.3 Å². The van der Waals surface area contributed by atoms with Gasteiger partial charge in [0.15, 0.2) is 0 Å². The number of rotatable bonds is 6. The fourth-order valence-electron chi connectivity index (χ4n) is 5.11. The number of hydrogen-bond donors (Lipinski definition) is 3. The van der Waals surface area contributed by atoms with Crippen molar-refractivity contribution >= 4 is 45.3 Å². The van der Waals surface area contributed by atoms with Crippen LogP contribution in [0, 0.1) is 0 Å². The second kappa shape index (κ2) is 22.0. The molecule has 4 N–H and O–H groups in total. The maximum Gasteiger partial charge on any atom is 1.00 e. The summed E-state index contributed by atoms with van der Waals surface area (Å²) in [5.41, 5.74) is 7.53. The average molecular weight is 793 g/mol. The van der Waals surface area contributed by atoms with E-state index in [-0.39, 0.29) is 59.8 Å². The molecule has 9 nitrogen and oxygen atoms in total. The molecule has 2 aromatic carbocycles. The standard InChI is InChI=1S/C15H20N2O2.C13H20N2O.C4H9O.C3H2ClIO.Na/c18-14-11-19-12-15(16-14)6-8-17(9-7-15)10-13-4-2-1-3-5-13;14-13(11-16)6-8-15(9-7-13)10-12-4-2-1-3-5-12;1-4(2,3)5;1-2(5)3(4)6;/h1-5H,6-12H2,(H,16,18);1-5,16H,6-11,14H2;1-3H3;1H2;/q;;-1;;+1. The van der Waals surface area contributed by atoms with Crippen LogP contribution in [-0.2, 0) is 27.4 Å². The summed E-state index contributed by atoms with van der Waals surface area (Å²) in [6, 6.07) is 21.0. The van der Waals surface area contributed by atoms with E-state index in [1.54, 1.807) is 43.4 Å². The van der Waals surface area contributed by atoms with E-state index in [0.29, 0.717) is 10.2 Å². The molecule has 3 fully saturated rings. The molecule has 3 saturated heterocycles. The minimum absolute atomic E-state index is 0. The third-order valence-electron chi connectivity index (χ3n) is 7.71. The molecular formula is C35H51ClIN4NaO5. The fraction of sp³-hybridized carbons (Fsp3) is 0.543. The molecule has 256 valence electrons. The van der Waals surface area contributed by atoms with Gasteiger partial charge in [-0.25, -0.2) is 0 Å². The Kier molecular flexibility index (Phi) is 20.7. The van der Waals surface area contributed by atoms with Crippen molar-refractivity contribution in [1.82, 2.24) is 15.1 Å². The van der Waals surface area contributed by atoms with Crippen molar-refractivity contribution in [2.45, 2.75) is 76.2 Å². The first-order valence-corrected chi connectivity index (χ1v) is 17.1. The number of morpholine rings is 1. The molecular weight excluding hydrogens is 742 g/mol. The summed E-state index contributed by atoms with van der Waals surface area (Å²) in [5.74, 6) is 0.0303. The Morgan fingerprint density at radius 2 is 1.36 bits per heavy atom. The van der Waals surface area contributed by atoms with Crippen LogP contribution in [0.5, 0.6) is 0 Å². The van der Waals surface area contributed by atoms with E-state index in [4.69, 9.17) is 22.1 Å². The van der Waals surface area contributed by atoms with E-state index in [2.05, 4.69) is 70.2 Å². The van der Waals surface area contributed by atoms with Crippen molar-refractivity contribution in [3.63, 3.8) is 0 Å². The van der Waals surface area contributed by atoms with Gasteiger partial charge in [-0.15, -0.1) is 5.60 Å². The Hall–Kier alpha value is -0.900. The number of aliphatic hydroxyl groups is 1. The van der Waals surface area contributed by atoms with Gasteiger partial charge in [0, 0.05) is 44.8 Å². The molecule has 0 saturated carbocycles. The van der Waals surface area contributed by atoms with E-state index in [1.165, 1.54) is 11.1 Å². The molecule has 0 aromatic heterocycles. The first-order valence-electron chi connectivity index (χ1n) is 15.7. The fourth-order valence-corrected chi connectivity index (χ4v) is 5.11. The van der Waals surface area contributed by atoms with Crippen molar-refractivity contribution in [2.24, 2.45) is 5.73 Å². The van der Waals surface area contributed by atoms with Gasteiger partial charge in [0.25, 0.3) is 5.24 Å². The van der Waals surface area contributed by atoms with Gasteiger partial charge in [-0.05, 0) is 71.0 Å². The van der Waals surface area contributed by atoms with Gasteiger partial charge in [0.2, 0.25) is 5.91 Å². The predicted molar refractivity (Wildman–Crippen MR) is 191 cm³/mol. The van der Waals surface area contributed by atoms with Crippen LogP contribution < -0.4 is 45.7 Å². The Labute approximate surface area is 322 Å². The zero-order chi connectivity index (χ0) is 34.2. The number of allylic oxidation sites excluding steroid dienone is 1. The van der Waals surface area contributed by atoms with Crippen molar-refractivity contribution in [3.05, 3.63) is 81.9 Å². The van der Waals surface area contributed by atoms with Crippen LogP contribution in [-0.4, -0.2) is 88.7 Å². The summed E-state index contributed by atoms with van der Waals surface area (Å²) in [5, 5.41) is 21.9. The third kappa shape index (κ3) is 19.2. The summed E-state index contributed by atoms with van der Waals surface area (Å²) in [4.78, 5) is 26.1. The molecule has 5 rings (SSSR count). The van der Waals surface area contributed by atoms with E-state index in [9.17, 15) is 19.8 Å².